The highest BCUT2D eigenvalue weighted by atomic mass is 16.6. The van der Waals surface area contributed by atoms with Crippen LogP contribution in [0.2, 0.25) is 0 Å². The van der Waals surface area contributed by atoms with Crippen LogP contribution in [0.5, 0.6) is 5.75 Å². The molecule has 2 aromatic rings. The SMILES string of the molecule is CCC(C)(C)OC(=O)Nc1cc2c(cc1OC)nc(CCC(C)(C)O)n2C. The number of hydrogen-bond acceptors (Lipinski definition) is 5. The summed E-state index contributed by atoms with van der Waals surface area (Å²) in [5.74, 6) is 1.38. The van der Waals surface area contributed by atoms with Crippen molar-refractivity contribution in [2.24, 2.45) is 7.05 Å². The Hall–Kier alpha value is -2.28. The van der Waals surface area contributed by atoms with Crippen molar-refractivity contribution >= 4 is 22.8 Å². The number of aliphatic hydroxyl groups is 1. The number of benzene rings is 1. The highest BCUT2D eigenvalue weighted by Gasteiger charge is 2.22. The number of aromatic nitrogens is 2. The van der Waals surface area contributed by atoms with Crippen LogP contribution in [0, 0.1) is 0 Å². The summed E-state index contributed by atoms with van der Waals surface area (Å²) < 4.78 is 12.8. The van der Waals surface area contributed by atoms with Crippen LogP contribution in [-0.4, -0.2) is 39.1 Å². The van der Waals surface area contributed by atoms with Gasteiger partial charge in [-0.05, 0) is 46.6 Å². The van der Waals surface area contributed by atoms with E-state index < -0.39 is 17.3 Å². The van der Waals surface area contributed by atoms with E-state index in [9.17, 15) is 9.90 Å². The molecule has 0 aliphatic carbocycles. The fraction of sp³-hybridized carbons (Fsp3) is 0.600. The molecule has 0 saturated carbocycles. The second-order valence-electron chi connectivity index (χ2n) is 8.07. The second-order valence-corrected chi connectivity index (χ2v) is 8.07. The van der Waals surface area contributed by atoms with E-state index in [1.807, 2.05) is 38.5 Å². The van der Waals surface area contributed by atoms with Gasteiger partial charge in [0.1, 0.15) is 17.2 Å². The third kappa shape index (κ3) is 5.35. The lowest BCUT2D eigenvalue weighted by atomic mass is 10.0. The highest BCUT2D eigenvalue weighted by Crippen LogP contribution is 2.31. The van der Waals surface area contributed by atoms with Gasteiger partial charge >= 0.3 is 6.09 Å². The number of imidazole rings is 1. The number of methoxy groups -OCH3 is 1. The van der Waals surface area contributed by atoms with E-state index in [4.69, 9.17) is 9.47 Å². The molecule has 2 rings (SSSR count). The maximum absolute atomic E-state index is 12.3. The average Bonchev–Trinajstić information content (AvgIpc) is 2.86. The zero-order valence-electron chi connectivity index (χ0n) is 17.3. The summed E-state index contributed by atoms with van der Waals surface area (Å²) in [7, 11) is 3.47. The quantitative estimate of drug-likeness (QED) is 0.761. The van der Waals surface area contributed by atoms with Crippen LogP contribution in [0.3, 0.4) is 0 Å². The van der Waals surface area contributed by atoms with E-state index in [1.54, 1.807) is 27.0 Å². The van der Waals surface area contributed by atoms with Gasteiger partial charge in [0.05, 0.1) is 29.4 Å². The Balaban J connectivity index is 2.32. The molecule has 0 unspecified atom stereocenters. The molecule has 0 aliphatic heterocycles. The molecule has 1 aromatic carbocycles. The predicted molar refractivity (Wildman–Crippen MR) is 106 cm³/mol. The number of aryl methyl sites for hydroxylation is 2. The summed E-state index contributed by atoms with van der Waals surface area (Å²) in [6.45, 7) is 9.26. The minimum absolute atomic E-state index is 0.515. The predicted octanol–water partition coefficient (Wildman–Crippen LogP) is 4.02. The third-order valence-corrected chi connectivity index (χ3v) is 4.71. The zero-order chi connectivity index (χ0) is 20.4. The summed E-state index contributed by atoms with van der Waals surface area (Å²) in [5.41, 5.74) is 0.870. The molecule has 0 fully saturated rings. The molecule has 1 heterocycles. The number of nitrogens with zero attached hydrogens (tertiary/aromatic N) is 2. The summed E-state index contributed by atoms with van der Waals surface area (Å²) in [6, 6.07) is 3.62. The Bertz CT molecular complexity index is 819. The molecule has 150 valence electrons. The van der Waals surface area contributed by atoms with Crippen LogP contribution >= 0.6 is 0 Å². The maximum Gasteiger partial charge on any atom is 0.412 e. The van der Waals surface area contributed by atoms with Crippen LogP contribution in [0.25, 0.3) is 11.0 Å². The minimum Gasteiger partial charge on any atom is -0.494 e. The molecule has 0 spiro atoms. The monoisotopic (exact) mass is 377 g/mol. The van der Waals surface area contributed by atoms with Crippen molar-refractivity contribution in [3.8, 4) is 5.75 Å². The largest absolute Gasteiger partial charge is 0.494 e. The van der Waals surface area contributed by atoms with Crippen LogP contribution in [0.4, 0.5) is 10.5 Å². The van der Waals surface area contributed by atoms with E-state index in [0.29, 0.717) is 30.7 Å². The molecule has 0 atom stereocenters. The lowest BCUT2D eigenvalue weighted by molar-refractivity contribution is 0.0461. The van der Waals surface area contributed by atoms with Crippen molar-refractivity contribution in [3.05, 3.63) is 18.0 Å². The van der Waals surface area contributed by atoms with E-state index >= 15 is 0 Å². The van der Waals surface area contributed by atoms with Crippen molar-refractivity contribution in [3.63, 3.8) is 0 Å². The van der Waals surface area contributed by atoms with Crippen LogP contribution in [0.15, 0.2) is 12.1 Å². The normalized spacial score (nSPS) is 12.3. The van der Waals surface area contributed by atoms with Gasteiger partial charge in [0.15, 0.2) is 0 Å². The standard InChI is InChI=1S/C20H31N3O4/c1-8-20(4,5)27-18(24)22-14-11-15-13(12-16(14)26-7)21-17(23(15)6)9-10-19(2,3)25/h11-12,25H,8-10H2,1-7H3,(H,22,24). The van der Waals surface area contributed by atoms with Gasteiger partial charge in [0.25, 0.3) is 0 Å². The van der Waals surface area contributed by atoms with E-state index in [1.165, 1.54) is 0 Å². The van der Waals surface area contributed by atoms with Crippen molar-refractivity contribution < 1.29 is 19.4 Å². The fourth-order valence-corrected chi connectivity index (χ4v) is 2.64. The van der Waals surface area contributed by atoms with E-state index in [-0.39, 0.29) is 0 Å². The second kappa shape index (κ2) is 7.76. The Labute approximate surface area is 160 Å². The smallest absolute Gasteiger partial charge is 0.412 e. The molecule has 2 N–H and O–H groups in total. The van der Waals surface area contributed by atoms with Gasteiger partial charge in [-0.15, -0.1) is 0 Å². The molecule has 27 heavy (non-hydrogen) atoms. The Morgan fingerprint density at radius 3 is 2.52 bits per heavy atom. The lowest BCUT2D eigenvalue weighted by Gasteiger charge is -2.23. The number of amides is 1. The molecule has 0 aliphatic rings. The third-order valence-electron chi connectivity index (χ3n) is 4.71. The van der Waals surface area contributed by atoms with E-state index in [2.05, 4.69) is 10.3 Å². The number of nitrogens with one attached hydrogen (secondary N) is 1. The van der Waals surface area contributed by atoms with Crippen molar-refractivity contribution in [1.82, 2.24) is 9.55 Å². The molecule has 0 radical (unpaired) electrons. The van der Waals surface area contributed by atoms with Crippen molar-refractivity contribution in [2.75, 3.05) is 12.4 Å². The van der Waals surface area contributed by atoms with Gasteiger partial charge in [-0.1, -0.05) is 6.92 Å². The molecule has 7 nitrogen and oxygen atoms in total. The first-order valence-corrected chi connectivity index (χ1v) is 9.21. The fourth-order valence-electron chi connectivity index (χ4n) is 2.64. The van der Waals surface area contributed by atoms with Crippen LogP contribution in [-0.2, 0) is 18.2 Å². The molecule has 1 amide bonds. The molecule has 0 saturated heterocycles. The molecular formula is C20H31N3O4. The number of carbonyl (C=O) groups is 1. The lowest BCUT2D eigenvalue weighted by Crippen LogP contribution is -2.29. The minimum atomic E-state index is -0.752. The Morgan fingerprint density at radius 1 is 1.30 bits per heavy atom. The first kappa shape index (κ1) is 21.0. The molecule has 0 bridgehead atoms. The van der Waals surface area contributed by atoms with Crippen molar-refractivity contribution in [2.45, 2.75) is 65.1 Å². The van der Waals surface area contributed by atoms with Gasteiger partial charge in [0, 0.05) is 19.5 Å². The topological polar surface area (TPSA) is 85.6 Å². The number of hydrogen-bond donors (Lipinski definition) is 2. The van der Waals surface area contributed by atoms with Crippen LogP contribution in [0.1, 0.15) is 53.3 Å². The van der Waals surface area contributed by atoms with Gasteiger partial charge < -0.3 is 19.1 Å². The maximum atomic E-state index is 12.3. The first-order valence-electron chi connectivity index (χ1n) is 9.21. The molecule has 7 heteroatoms. The van der Waals surface area contributed by atoms with Gasteiger partial charge in [-0.3, -0.25) is 5.32 Å². The molecular weight excluding hydrogens is 346 g/mol. The summed E-state index contributed by atoms with van der Waals surface area (Å²) in [5, 5.41) is 12.7. The first-order chi connectivity index (χ1) is 12.5. The van der Waals surface area contributed by atoms with Crippen molar-refractivity contribution in [1.29, 1.82) is 0 Å². The average molecular weight is 377 g/mol. The summed E-state index contributed by atoms with van der Waals surface area (Å²) in [4.78, 5) is 16.9. The zero-order valence-corrected chi connectivity index (χ0v) is 17.3. The number of rotatable bonds is 7. The number of anilines is 1. The van der Waals surface area contributed by atoms with Gasteiger partial charge in [-0.2, -0.15) is 0 Å². The van der Waals surface area contributed by atoms with Gasteiger partial charge in [-0.25, -0.2) is 9.78 Å². The highest BCUT2D eigenvalue weighted by molar-refractivity contribution is 5.92. The number of ether oxygens (including phenoxy) is 2. The Kier molecular flexibility index (Phi) is 6.04. The molecule has 1 aromatic heterocycles. The van der Waals surface area contributed by atoms with E-state index in [0.717, 1.165) is 16.9 Å². The summed E-state index contributed by atoms with van der Waals surface area (Å²) in [6.07, 6.45) is 1.43. The number of fused-ring (bicyclic) bond motifs is 1. The summed E-state index contributed by atoms with van der Waals surface area (Å²) >= 11 is 0. The Morgan fingerprint density at radius 2 is 1.96 bits per heavy atom. The van der Waals surface area contributed by atoms with Gasteiger partial charge in [0.2, 0.25) is 0 Å². The number of carbonyl (C=O) groups excluding carboxylic acids is 1. The van der Waals surface area contributed by atoms with Crippen LogP contribution < -0.4 is 10.1 Å².